The summed E-state index contributed by atoms with van der Waals surface area (Å²) in [6.07, 6.45) is 17.3. The Balaban J connectivity index is 1.83. The molecule has 4 nitrogen and oxygen atoms in total. The smallest absolute Gasteiger partial charge is 0.258 e. The molecule has 1 aliphatic heterocycles. The summed E-state index contributed by atoms with van der Waals surface area (Å²) in [6, 6.07) is 2.94. The average Bonchev–Trinajstić information content (AvgIpc) is 3.15. The molecule has 1 heterocycles. The van der Waals surface area contributed by atoms with E-state index in [1.54, 1.807) is 11.9 Å². The fourth-order valence-corrected chi connectivity index (χ4v) is 6.42. The van der Waals surface area contributed by atoms with E-state index >= 15 is 0 Å². The van der Waals surface area contributed by atoms with Gasteiger partial charge in [0.1, 0.15) is 17.9 Å². The van der Waals surface area contributed by atoms with Crippen LogP contribution in [0.15, 0.2) is 99.0 Å². The second kappa shape index (κ2) is 13.2. The van der Waals surface area contributed by atoms with Gasteiger partial charge in [-0.3, -0.25) is 4.79 Å². The summed E-state index contributed by atoms with van der Waals surface area (Å²) in [6.45, 7) is 11.7. The van der Waals surface area contributed by atoms with E-state index in [1.807, 2.05) is 30.6 Å². The van der Waals surface area contributed by atoms with Crippen LogP contribution in [0, 0.1) is 17.0 Å². The van der Waals surface area contributed by atoms with Gasteiger partial charge in [-0.15, -0.1) is 0 Å². The molecule has 0 bridgehead atoms. The number of hydrogen-bond donors (Lipinski definition) is 1. The number of rotatable bonds is 8. The predicted octanol–water partition coefficient (Wildman–Crippen LogP) is 8.69. The highest BCUT2D eigenvalue weighted by Crippen LogP contribution is 2.44. The molecule has 0 aromatic heterocycles. The number of carbonyl (C=O) groups is 2. The summed E-state index contributed by atoms with van der Waals surface area (Å²) in [7, 11) is 0. The molecular weight excluding hydrogens is 550 g/mol. The molecule has 0 spiro atoms. The first kappa shape index (κ1) is 31.5. The zero-order chi connectivity index (χ0) is 30.6. The van der Waals surface area contributed by atoms with Crippen LogP contribution >= 0.6 is 11.9 Å². The number of carbonyl (C=O) groups excluding carboxylic acids is 2. The summed E-state index contributed by atoms with van der Waals surface area (Å²) >= 11 is 1.61. The molecule has 1 amide bonds. The quantitative estimate of drug-likeness (QED) is 0.243. The molecule has 0 radical (unpaired) electrons. The normalized spacial score (nSPS) is 19.5. The summed E-state index contributed by atoms with van der Waals surface area (Å²) < 4.78 is 30.0. The van der Waals surface area contributed by atoms with Crippen molar-refractivity contribution >= 4 is 24.1 Å². The molecule has 0 saturated heterocycles. The molecule has 0 saturated carbocycles. The van der Waals surface area contributed by atoms with Gasteiger partial charge in [0.15, 0.2) is 0 Å². The maximum atomic E-state index is 14.3. The number of benzene rings is 1. The molecule has 1 N–H and O–H groups in total. The molecule has 2 aliphatic carbocycles. The molecule has 1 aromatic rings. The van der Waals surface area contributed by atoms with Crippen molar-refractivity contribution in [1.82, 2.24) is 9.62 Å². The number of allylic oxidation sites excluding steroid dienone is 10. The number of hydrogen-bond acceptors (Lipinski definition) is 4. The highest BCUT2D eigenvalue weighted by atomic mass is 32.2. The molecule has 222 valence electrons. The fraction of sp³-hybridized carbons (Fsp3) is 0.371. The summed E-state index contributed by atoms with van der Waals surface area (Å²) in [5.41, 5.74) is 9.99. The monoisotopic (exact) mass is 590 g/mol. The van der Waals surface area contributed by atoms with Crippen molar-refractivity contribution in [2.45, 2.75) is 66.7 Å². The highest BCUT2D eigenvalue weighted by molar-refractivity contribution is 7.96. The van der Waals surface area contributed by atoms with Gasteiger partial charge < -0.3 is 14.4 Å². The Hall–Kier alpha value is -3.45. The van der Waals surface area contributed by atoms with Crippen molar-refractivity contribution in [1.29, 1.82) is 0 Å². The first-order valence-corrected chi connectivity index (χ1v) is 15.5. The molecule has 7 heteroatoms. The van der Waals surface area contributed by atoms with E-state index in [1.165, 1.54) is 16.7 Å². The van der Waals surface area contributed by atoms with Gasteiger partial charge in [0.05, 0.1) is 17.8 Å². The van der Waals surface area contributed by atoms with Crippen LogP contribution in [-0.4, -0.2) is 29.3 Å². The van der Waals surface area contributed by atoms with Crippen LogP contribution in [0.4, 0.5) is 8.78 Å². The summed E-state index contributed by atoms with van der Waals surface area (Å²) in [4.78, 5) is 24.2. The minimum absolute atomic E-state index is 0.212. The van der Waals surface area contributed by atoms with E-state index in [0.29, 0.717) is 36.6 Å². The van der Waals surface area contributed by atoms with Crippen LogP contribution in [-0.2, 0) is 4.79 Å². The lowest BCUT2D eigenvalue weighted by atomic mass is 9.75. The highest BCUT2D eigenvalue weighted by Gasteiger charge is 2.30. The second-order valence-electron chi connectivity index (χ2n) is 11.9. The van der Waals surface area contributed by atoms with E-state index in [-0.39, 0.29) is 5.56 Å². The number of aldehydes is 1. The maximum absolute atomic E-state index is 14.3. The third-order valence-corrected chi connectivity index (χ3v) is 9.13. The third kappa shape index (κ3) is 6.95. The van der Waals surface area contributed by atoms with Crippen molar-refractivity contribution in [3.05, 3.63) is 116 Å². The molecule has 4 rings (SSSR count). The molecule has 3 aliphatic rings. The SMILES string of the molecule is CSN1CC2=C(CC=CC(NC(=O)c3ccc(F)cc3F)=C2)C(C(/C)=C(\C)C2=CCC(C)(C)CC2)=C1/C(C)=C/CC=O. The Labute approximate surface area is 252 Å². The van der Waals surface area contributed by atoms with Gasteiger partial charge >= 0.3 is 0 Å². The van der Waals surface area contributed by atoms with Crippen LogP contribution < -0.4 is 5.32 Å². The van der Waals surface area contributed by atoms with Gasteiger partial charge in [-0.05, 0) is 110 Å². The number of nitrogens with zero attached hydrogens (tertiary/aromatic N) is 1. The van der Waals surface area contributed by atoms with Crippen LogP contribution in [0.1, 0.15) is 77.1 Å². The van der Waals surface area contributed by atoms with Crippen molar-refractivity contribution < 1.29 is 18.4 Å². The topological polar surface area (TPSA) is 49.4 Å². The van der Waals surface area contributed by atoms with Crippen LogP contribution in [0.3, 0.4) is 0 Å². The van der Waals surface area contributed by atoms with Crippen LogP contribution in [0.25, 0.3) is 0 Å². The third-order valence-electron chi connectivity index (χ3n) is 8.38. The Morgan fingerprint density at radius 3 is 2.57 bits per heavy atom. The van der Waals surface area contributed by atoms with Crippen molar-refractivity contribution in [3.63, 3.8) is 0 Å². The van der Waals surface area contributed by atoms with Gasteiger partial charge in [-0.1, -0.05) is 44.0 Å². The molecule has 0 fully saturated rings. The zero-order valence-corrected chi connectivity index (χ0v) is 26.2. The van der Waals surface area contributed by atoms with Crippen molar-refractivity contribution in [2.75, 3.05) is 12.8 Å². The van der Waals surface area contributed by atoms with E-state index in [0.717, 1.165) is 65.7 Å². The average molecular weight is 591 g/mol. The maximum Gasteiger partial charge on any atom is 0.258 e. The molecule has 1 aromatic carbocycles. The Morgan fingerprint density at radius 1 is 1.17 bits per heavy atom. The molecule has 0 unspecified atom stereocenters. The zero-order valence-electron chi connectivity index (χ0n) is 25.4. The molecule has 0 atom stereocenters. The Kier molecular flexibility index (Phi) is 9.93. The van der Waals surface area contributed by atoms with E-state index in [9.17, 15) is 18.4 Å². The number of halogens is 2. The van der Waals surface area contributed by atoms with E-state index in [2.05, 4.69) is 50.3 Å². The van der Waals surface area contributed by atoms with Gasteiger partial charge in [0, 0.05) is 30.0 Å². The van der Waals surface area contributed by atoms with Crippen molar-refractivity contribution in [3.8, 4) is 0 Å². The largest absolute Gasteiger partial charge is 0.322 e. The lowest BCUT2D eigenvalue weighted by Crippen LogP contribution is -2.27. The van der Waals surface area contributed by atoms with Gasteiger partial charge in [-0.2, -0.15) is 0 Å². The van der Waals surface area contributed by atoms with Crippen LogP contribution in [0.5, 0.6) is 0 Å². The Morgan fingerprint density at radius 2 is 1.93 bits per heavy atom. The van der Waals surface area contributed by atoms with E-state index < -0.39 is 17.5 Å². The Bertz CT molecular complexity index is 1500. The molecule has 42 heavy (non-hydrogen) atoms. The second-order valence-corrected chi connectivity index (χ2v) is 12.7. The fourth-order valence-electron chi connectivity index (χ4n) is 5.73. The van der Waals surface area contributed by atoms with Crippen molar-refractivity contribution in [2.24, 2.45) is 5.41 Å². The lowest BCUT2D eigenvalue weighted by Gasteiger charge is -2.36. The summed E-state index contributed by atoms with van der Waals surface area (Å²) in [5, 5.41) is 2.82. The minimum Gasteiger partial charge on any atom is -0.322 e. The molecular formula is C35H40F2N2O2S. The van der Waals surface area contributed by atoms with Gasteiger partial charge in [0.25, 0.3) is 5.91 Å². The minimum atomic E-state index is -0.902. The predicted molar refractivity (Wildman–Crippen MR) is 168 cm³/mol. The first-order chi connectivity index (χ1) is 20.0. The van der Waals surface area contributed by atoms with E-state index in [4.69, 9.17) is 0 Å². The number of amides is 1. The van der Waals surface area contributed by atoms with Crippen LogP contribution in [0.2, 0.25) is 0 Å². The lowest BCUT2D eigenvalue weighted by molar-refractivity contribution is -0.107. The summed E-state index contributed by atoms with van der Waals surface area (Å²) in [5.74, 6) is -2.26. The standard InChI is InChI=1S/C35H40F2N2O2S/c1-22(9-8-18-40)33-32(24(3)23(2)25-14-16-35(4,5)17-15-25)29-11-7-10-28(19-26(29)21-39(33)42-6)38-34(41)30-13-12-27(36)20-31(30)37/h7,9-10,12-14,18-20H,8,11,15-17,21H2,1-6H3,(H,38,41)/b22-9+,24-23+. The first-order valence-electron chi connectivity index (χ1n) is 14.4. The number of nitrogens with one attached hydrogen (secondary N) is 1. The van der Waals surface area contributed by atoms with Gasteiger partial charge in [-0.25, -0.2) is 8.78 Å². The van der Waals surface area contributed by atoms with Gasteiger partial charge in [0.2, 0.25) is 0 Å².